The van der Waals surface area contributed by atoms with Gasteiger partial charge in [0, 0.05) is 6.42 Å². The van der Waals surface area contributed by atoms with Crippen molar-refractivity contribution in [3.63, 3.8) is 0 Å². The van der Waals surface area contributed by atoms with Crippen LogP contribution in [-0.2, 0) is 14.3 Å². The lowest BCUT2D eigenvalue weighted by molar-refractivity contribution is -0.302. The molecule has 9 nitrogen and oxygen atoms in total. The van der Waals surface area contributed by atoms with E-state index in [0.29, 0.717) is 6.42 Å². The van der Waals surface area contributed by atoms with Crippen LogP contribution in [0.5, 0.6) is 0 Å². The van der Waals surface area contributed by atoms with Gasteiger partial charge in [-0.25, -0.2) is 0 Å². The van der Waals surface area contributed by atoms with Crippen molar-refractivity contribution in [3.05, 3.63) is 12.2 Å². The number of aliphatic hydroxyl groups is 5. The van der Waals surface area contributed by atoms with E-state index in [1.165, 1.54) is 167 Å². The van der Waals surface area contributed by atoms with Crippen LogP contribution in [0.3, 0.4) is 0 Å². The summed E-state index contributed by atoms with van der Waals surface area (Å²) in [6, 6.07) is -0.797. The summed E-state index contributed by atoms with van der Waals surface area (Å²) < 4.78 is 11.2. The minimum atomic E-state index is -1.56. The summed E-state index contributed by atoms with van der Waals surface area (Å²) in [6.45, 7) is 3.77. The normalized spacial score (nSPS) is 21.2. The van der Waals surface area contributed by atoms with Crippen molar-refractivity contribution in [2.45, 2.75) is 269 Å². The Balaban J connectivity index is 2.25. The molecular formula is C47H91NO8. The van der Waals surface area contributed by atoms with E-state index < -0.39 is 49.5 Å². The molecule has 0 aromatic rings. The Hall–Kier alpha value is -1.07. The Morgan fingerprint density at radius 3 is 1.39 bits per heavy atom. The molecular weight excluding hydrogens is 707 g/mol. The van der Waals surface area contributed by atoms with E-state index in [9.17, 15) is 30.3 Å². The van der Waals surface area contributed by atoms with Crippen molar-refractivity contribution >= 4 is 5.91 Å². The Morgan fingerprint density at radius 2 is 0.982 bits per heavy atom. The highest BCUT2D eigenvalue weighted by Crippen LogP contribution is 2.23. The number of aliphatic hydroxyl groups excluding tert-OH is 5. The van der Waals surface area contributed by atoms with E-state index in [1.807, 2.05) is 6.08 Å². The number of carbonyl (C=O) groups is 1. The van der Waals surface area contributed by atoms with E-state index in [0.717, 1.165) is 38.5 Å². The maximum absolute atomic E-state index is 12.9. The molecule has 0 aromatic heterocycles. The van der Waals surface area contributed by atoms with Gasteiger partial charge in [-0.15, -0.1) is 0 Å². The van der Waals surface area contributed by atoms with Crippen LogP contribution < -0.4 is 5.32 Å². The average Bonchev–Trinajstić information content (AvgIpc) is 3.20. The van der Waals surface area contributed by atoms with Gasteiger partial charge >= 0.3 is 0 Å². The van der Waals surface area contributed by atoms with Crippen LogP contribution in [0.4, 0.5) is 0 Å². The van der Waals surface area contributed by atoms with Crippen molar-refractivity contribution in [1.82, 2.24) is 5.32 Å². The second kappa shape index (κ2) is 38.2. The third-order valence-corrected chi connectivity index (χ3v) is 11.6. The molecule has 1 aliphatic heterocycles. The first-order chi connectivity index (χ1) is 27.3. The fraction of sp³-hybridized carbons (Fsp3) is 0.936. The van der Waals surface area contributed by atoms with Crippen LogP contribution in [0.15, 0.2) is 12.2 Å². The number of hydrogen-bond donors (Lipinski definition) is 6. The fourth-order valence-corrected chi connectivity index (χ4v) is 7.75. The van der Waals surface area contributed by atoms with Gasteiger partial charge in [-0.2, -0.15) is 0 Å². The molecule has 0 spiro atoms. The summed E-state index contributed by atoms with van der Waals surface area (Å²) in [6.07, 6.45) is 36.9. The van der Waals surface area contributed by atoms with Gasteiger partial charge in [0.05, 0.1) is 25.4 Å². The van der Waals surface area contributed by atoms with E-state index >= 15 is 0 Å². The topological polar surface area (TPSA) is 149 Å². The maximum atomic E-state index is 12.9. The second-order valence-corrected chi connectivity index (χ2v) is 16.9. The molecule has 7 atom stereocenters. The van der Waals surface area contributed by atoms with Gasteiger partial charge in [0.1, 0.15) is 24.4 Å². The zero-order chi connectivity index (χ0) is 40.9. The molecule has 1 rings (SSSR count). The summed E-state index contributed by atoms with van der Waals surface area (Å²) in [5, 5.41) is 54.1. The monoisotopic (exact) mass is 798 g/mol. The number of amides is 1. The van der Waals surface area contributed by atoms with Crippen LogP contribution in [0.25, 0.3) is 0 Å². The lowest BCUT2D eigenvalue weighted by Gasteiger charge is -2.40. The molecule has 1 aliphatic rings. The number of nitrogens with one attached hydrogen (secondary N) is 1. The SMILES string of the molecule is CCCCCCCCCCC/C=C/C(O)C(COC1OC(CO)C(O)C(O)C1O)NC(=O)CCCCCCCCCCCCCCCCCCCCCCCC. The lowest BCUT2D eigenvalue weighted by Crippen LogP contribution is -2.60. The average molecular weight is 798 g/mol. The molecule has 6 N–H and O–H groups in total. The Morgan fingerprint density at radius 1 is 0.589 bits per heavy atom. The summed E-state index contributed by atoms with van der Waals surface area (Å²) in [5.41, 5.74) is 0. The Bertz CT molecular complexity index is 888. The van der Waals surface area contributed by atoms with Crippen molar-refractivity contribution in [2.75, 3.05) is 13.2 Å². The molecule has 1 saturated heterocycles. The van der Waals surface area contributed by atoms with E-state index in [2.05, 4.69) is 19.2 Å². The summed E-state index contributed by atoms with van der Waals surface area (Å²) in [7, 11) is 0. The summed E-state index contributed by atoms with van der Waals surface area (Å²) in [5.74, 6) is -0.174. The van der Waals surface area contributed by atoms with Crippen LogP contribution >= 0.6 is 0 Å². The van der Waals surface area contributed by atoms with Gasteiger partial charge in [0.15, 0.2) is 6.29 Å². The Kier molecular flexibility index (Phi) is 36.1. The standard InChI is InChI=1S/C47H91NO8/c1-3-5-7-9-11-13-15-16-17-18-19-20-21-22-23-24-25-27-29-31-33-35-37-43(51)48-40(39-55-47-46(54)45(53)44(52)42(38-49)56-47)41(50)36-34-32-30-28-26-14-12-10-8-6-4-2/h34,36,40-42,44-47,49-50,52-54H,3-33,35,37-39H2,1-2H3,(H,48,51)/b36-34+. The molecule has 332 valence electrons. The minimum absolute atomic E-state index is 0.174. The first kappa shape index (κ1) is 52.9. The van der Waals surface area contributed by atoms with Crippen molar-refractivity contribution in [2.24, 2.45) is 0 Å². The van der Waals surface area contributed by atoms with Gasteiger partial charge in [0.2, 0.25) is 5.91 Å². The van der Waals surface area contributed by atoms with Gasteiger partial charge in [0.25, 0.3) is 0 Å². The largest absolute Gasteiger partial charge is 0.394 e. The molecule has 1 heterocycles. The van der Waals surface area contributed by atoms with Gasteiger partial charge in [-0.1, -0.05) is 212 Å². The summed E-state index contributed by atoms with van der Waals surface area (Å²) in [4.78, 5) is 12.9. The molecule has 0 radical (unpaired) electrons. The van der Waals surface area contributed by atoms with Crippen LogP contribution in [0.2, 0.25) is 0 Å². The molecule has 1 fully saturated rings. The van der Waals surface area contributed by atoms with Crippen LogP contribution in [-0.4, -0.2) is 87.5 Å². The van der Waals surface area contributed by atoms with Crippen molar-refractivity contribution < 1.29 is 39.8 Å². The fourth-order valence-electron chi connectivity index (χ4n) is 7.75. The number of allylic oxidation sites excluding steroid dienone is 1. The highest BCUT2D eigenvalue weighted by molar-refractivity contribution is 5.76. The molecule has 0 aromatic carbocycles. The molecule has 0 saturated carbocycles. The third-order valence-electron chi connectivity index (χ3n) is 11.6. The van der Waals surface area contributed by atoms with E-state index in [1.54, 1.807) is 6.08 Å². The number of unbranched alkanes of at least 4 members (excludes halogenated alkanes) is 30. The molecule has 56 heavy (non-hydrogen) atoms. The Labute approximate surface area is 344 Å². The lowest BCUT2D eigenvalue weighted by atomic mass is 9.99. The molecule has 0 aliphatic carbocycles. The molecule has 1 amide bonds. The number of rotatable bonds is 40. The number of carbonyl (C=O) groups excluding carboxylic acids is 1. The summed E-state index contributed by atoms with van der Waals surface area (Å²) >= 11 is 0. The smallest absolute Gasteiger partial charge is 0.220 e. The molecule has 9 heteroatoms. The van der Waals surface area contributed by atoms with Crippen molar-refractivity contribution in [1.29, 1.82) is 0 Å². The second-order valence-electron chi connectivity index (χ2n) is 16.9. The van der Waals surface area contributed by atoms with Crippen LogP contribution in [0, 0.1) is 0 Å². The highest BCUT2D eigenvalue weighted by Gasteiger charge is 2.44. The molecule has 7 unspecified atom stereocenters. The van der Waals surface area contributed by atoms with E-state index in [4.69, 9.17) is 9.47 Å². The zero-order valence-electron chi connectivity index (χ0n) is 36.4. The predicted octanol–water partition coefficient (Wildman–Crippen LogP) is 10.1. The van der Waals surface area contributed by atoms with Crippen LogP contribution in [0.1, 0.15) is 226 Å². The number of ether oxygens (including phenoxy) is 2. The quantitative estimate of drug-likeness (QED) is 0.0265. The van der Waals surface area contributed by atoms with E-state index in [-0.39, 0.29) is 12.5 Å². The third kappa shape index (κ3) is 28.4. The van der Waals surface area contributed by atoms with Gasteiger partial charge < -0.3 is 40.3 Å². The van der Waals surface area contributed by atoms with Gasteiger partial charge in [-0.3, -0.25) is 4.79 Å². The first-order valence-corrected chi connectivity index (χ1v) is 23.9. The molecule has 0 bridgehead atoms. The zero-order valence-corrected chi connectivity index (χ0v) is 36.4. The maximum Gasteiger partial charge on any atom is 0.220 e. The number of hydrogen-bond acceptors (Lipinski definition) is 8. The minimum Gasteiger partial charge on any atom is -0.394 e. The van der Waals surface area contributed by atoms with Crippen molar-refractivity contribution in [3.8, 4) is 0 Å². The first-order valence-electron chi connectivity index (χ1n) is 23.9. The predicted molar refractivity (Wildman–Crippen MR) is 231 cm³/mol. The highest BCUT2D eigenvalue weighted by atomic mass is 16.7. The van der Waals surface area contributed by atoms with Gasteiger partial charge in [-0.05, 0) is 19.3 Å².